The average Bonchev–Trinajstić information content (AvgIpc) is 4.35. The zero-order valence-electron chi connectivity index (χ0n) is 42.0. The summed E-state index contributed by atoms with van der Waals surface area (Å²) in [7, 11) is 0. The van der Waals surface area contributed by atoms with Gasteiger partial charge in [0, 0.05) is 47.4 Å². The van der Waals surface area contributed by atoms with Crippen molar-refractivity contribution in [1.82, 2.24) is 4.57 Å². The van der Waals surface area contributed by atoms with Gasteiger partial charge in [0.25, 0.3) is 0 Å². The number of furan rings is 1. The highest BCUT2D eigenvalue weighted by Crippen LogP contribution is 2.54. The van der Waals surface area contributed by atoms with E-state index in [4.69, 9.17) is 4.42 Å². The van der Waals surface area contributed by atoms with Crippen LogP contribution in [0.1, 0.15) is 0 Å². The molecule has 0 aliphatic carbocycles. The molecule has 0 aliphatic rings. The number of para-hydroxylation sites is 2. The minimum atomic E-state index is 0.894. The maximum atomic E-state index is 7.09. The molecule has 0 atom stereocenters. The first-order chi connectivity index (χ1) is 38.7. The number of hydrogen-bond acceptors (Lipinski definition) is 3. The van der Waals surface area contributed by atoms with Crippen LogP contribution in [0.15, 0.2) is 265 Å². The molecule has 0 saturated carbocycles. The molecule has 0 saturated heterocycles. The van der Waals surface area contributed by atoms with Crippen LogP contribution in [-0.4, -0.2) is 4.57 Å². The van der Waals surface area contributed by atoms with Crippen molar-refractivity contribution in [3.8, 4) is 61.3 Å². The Hall–Kier alpha value is -9.58. The van der Waals surface area contributed by atoms with Crippen LogP contribution in [0.25, 0.3) is 167 Å². The predicted molar refractivity (Wildman–Crippen MR) is 336 cm³/mol. The Bertz CT molecular complexity index is 5200. The molecule has 4 heteroatoms. The van der Waals surface area contributed by atoms with Gasteiger partial charge < -0.3 is 8.98 Å². The van der Waals surface area contributed by atoms with Gasteiger partial charge in [-0.15, -0.1) is 11.3 Å². The van der Waals surface area contributed by atoms with Gasteiger partial charge in [-0.3, -0.25) is 0 Å². The lowest BCUT2D eigenvalue weighted by Crippen LogP contribution is -1.91. The summed E-state index contributed by atoms with van der Waals surface area (Å²) in [5, 5.41) is 17.3. The monoisotopic (exact) mass is 1030 g/mol. The van der Waals surface area contributed by atoms with Crippen molar-refractivity contribution in [3.05, 3.63) is 261 Å². The highest BCUT2D eigenvalue weighted by molar-refractivity contribution is 7.26. The minimum Gasteiger partial charge on any atom is -0.445 e. The van der Waals surface area contributed by atoms with Crippen LogP contribution in [0.5, 0.6) is 0 Å². The maximum Gasteiger partial charge on any atom is 0.190 e. The Kier molecular flexibility index (Phi) is 9.49. The SMILES string of the molecule is c1ccc(-c2c3ccccc3c(-c3cccc4sc5oc6cc(-c7ccc(-c8c9ccccc9c(-c9ccccc9)c9ccccc89)c8c7sc7c8c8ccccc8n7-c7ccccc7)ccc6c5c34)c3ccccc23)cc1. The third-order valence-electron chi connectivity index (χ3n) is 16.4. The van der Waals surface area contributed by atoms with Gasteiger partial charge in [-0.1, -0.05) is 236 Å². The number of benzene rings is 13. The van der Waals surface area contributed by atoms with E-state index in [1.807, 2.05) is 11.3 Å². The standard InChI is InChI=1S/C74H43NOS2/c1-4-21-44(22-5-1)64-49-27-10-14-31-53(49)66(54-32-15-11-28-50(54)64)59-36-20-38-63-68(59)71-58-40-39-46(43-62(58)76-74(71)77-63)48-41-42-60(69-70-57-35-18-19-37-61(57)75(73(70)78-72(48)69)47-25-8-3-9-26-47)67-55-33-16-12-29-51(55)65(45-23-6-2-7-24-45)52-30-13-17-34-56(52)67/h1-43H. The first-order valence-corrected chi connectivity index (χ1v) is 28.3. The summed E-state index contributed by atoms with van der Waals surface area (Å²) < 4.78 is 12.0. The highest BCUT2D eigenvalue weighted by Gasteiger charge is 2.27. The zero-order valence-corrected chi connectivity index (χ0v) is 43.6. The Morgan fingerprint density at radius 2 is 0.769 bits per heavy atom. The molecule has 4 heterocycles. The van der Waals surface area contributed by atoms with Crippen molar-refractivity contribution in [2.45, 2.75) is 0 Å². The van der Waals surface area contributed by atoms with E-state index >= 15 is 0 Å². The number of rotatable bonds is 6. The second-order valence-corrected chi connectivity index (χ2v) is 22.5. The minimum absolute atomic E-state index is 0.894. The summed E-state index contributed by atoms with van der Waals surface area (Å²) >= 11 is 3.65. The zero-order chi connectivity index (χ0) is 51.0. The summed E-state index contributed by atoms with van der Waals surface area (Å²) in [6.45, 7) is 0. The fourth-order valence-corrected chi connectivity index (χ4v) is 15.8. The number of aromatic nitrogens is 1. The van der Waals surface area contributed by atoms with Crippen molar-refractivity contribution in [3.63, 3.8) is 0 Å². The second kappa shape index (κ2) is 17.0. The molecule has 0 amide bonds. The lowest BCUT2D eigenvalue weighted by Gasteiger charge is -2.19. The molecule has 362 valence electrons. The quantitative estimate of drug-likeness (QED) is 0.152. The van der Waals surface area contributed by atoms with Gasteiger partial charge in [0.2, 0.25) is 0 Å². The fourth-order valence-electron chi connectivity index (χ4n) is 13.3. The highest BCUT2D eigenvalue weighted by atomic mass is 32.1. The first kappa shape index (κ1) is 43.6. The van der Waals surface area contributed by atoms with Gasteiger partial charge in [-0.2, -0.15) is 0 Å². The lowest BCUT2D eigenvalue weighted by atomic mass is 9.84. The van der Waals surface area contributed by atoms with Gasteiger partial charge in [0.15, 0.2) is 4.90 Å². The summed E-state index contributed by atoms with van der Waals surface area (Å²) in [6, 6.07) is 96.1. The molecule has 0 fully saturated rings. The van der Waals surface area contributed by atoms with Crippen LogP contribution in [0.2, 0.25) is 0 Å². The molecule has 78 heavy (non-hydrogen) atoms. The number of hydrogen-bond donors (Lipinski definition) is 0. The summed E-state index contributed by atoms with van der Waals surface area (Å²) in [6.07, 6.45) is 0. The normalized spacial score (nSPS) is 12.1. The molecule has 13 aromatic carbocycles. The number of nitrogens with zero attached hydrogens (tertiary/aromatic N) is 1. The molecule has 0 radical (unpaired) electrons. The molecular weight excluding hydrogens is 983 g/mol. The van der Waals surface area contributed by atoms with Crippen LogP contribution in [0.3, 0.4) is 0 Å². The molecule has 0 spiro atoms. The molecule has 17 aromatic rings. The molecule has 0 bridgehead atoms. The molecule has 4 aromatic heterocycles. The molecule has 0 N–H and O–H groups in total. The van der Waals surface area contributed by atoms with E-state index in [0.717, 1.165) is 27.1 Å². The predicted octanol–water partition coefficient (Wildman–Crippen LogP) is 22.1. The Balaban J connectivity index is 0.927. The van der Waals surface area contributed by atoms with Crippen LogP contribution in [0, 0.1) is 0 Å². The fraction of sp³-hybridized carbons (Fsp3) is 0. The Morgan fingerprint density at radius 3 is 1.33 bits per heavy atom. The van der Waals surface area contributed by atoms with E-state index in [2.05, 4.69) is 265 Å². The van der Waals surface area contributed by atoms with Crippen molar-refractivity contribution in [2.24, 2.45) is 0 Å². The molecule has 0 aliphatic heterocycles. The van der Waals surface area contributed by atoms with Gasteiger partial charge in [0.1, 0.15) is 10.4 Å². The topological polar surface area (TPSA) is 18.1 Å². The average molecular weight is 1030 g/mol. The third-order valence-corrected chi connectivity index (χ3v) is 18.7. The van der Waals surface area contributed by atoms with Crippen LogP contribution in [-0.2, 0) is 0 Å². The molecule has 17 rings (SSSR count). The van der Waals surface area contributed by atoms with Gasteiger partial charge >= 0.3 is 0 Å². The number of thiophene rings is 2. The van der Waals surface area contributed by atoms with E-state index in [0.29, 0.717) is 0 Å². The van der Waals surface area contributed by atoms with Crippen LogP contribution >= 0.6 is 22.7 Å². The van der Waals surface area contributed by atoms with Crippen molar-refractivity contribution >= 4 is 128 Å². The van der Waals surface area contributed by atoms with E-state index in [1.165, 1.54) is 140 Å². The van der Waals surface area contributed by atoms with Crippen molar-refractivity contribution < 1.29 is 4.42 Å². The van der Waals surface area contributed by atoms with Crippen molar-refractivity contribution in [1.29, 1.82) is 0 Å². The van der Waals surface area contributed by atoms with E-state index in [-0.39, 0.29) is 0 Å². The first-order valence-electron chi connectivity index (χ1n) is 26.7. The van der Waals surface area contributed by atoms with Crippen LogP contribution < -0.4 is 0 Å². The lowest BCUT2D eigenvalue weighted by molar-refractivity contribution is 0.678. The molecular formula is C74H43NOS2. The van der Waals surface area contributed by atoms with Gasteiger partial charge in [-0.05, 0) is 135 Å². The second-order valence-electron chi connectivity index (χ2n) is 20.5. The van der Waals surface area contributed by atoms with E-state index < -0.39 is 0 Å². The third kappa shape index (κ3) is 6.24. The largest absolute Gasteiger partial charge is 0.445 e. The van der Waals surface area contributed by atoms with Crippen LogP contribution in [0.4, 0.5) is 0 Å². The molecule has 2 nitrogen and oxygen atoms in total. The van der Waals surface area contributed by atoms with Crippen molar-refractivity contribution in [2.75, 3.05) is 0 Å². The Labute approximate surface area is 456 Å². The van der Waals surface area contributed by atoms with E-state index in [1.54, 1.807) is 11.3 Å². The molecule has 0 unspecified atom stereocenters. The van der Waals surface area contributed by atoms with Gasteiger partial charge in [0.05, 0.1) is 5.52 Å². The Morgan fingerprint density at radius 1 is 0.295 bits per heavy atom. The number of fused-ring (bicyclic) bond motifs is 14. The summed E-state index contributed by atoms with van der Waals surface area (Å²) in [5.74, 6) is 0. The smallest absolute Gasteiger partial charge is 0.190 e. The summed E-state index contributed by atoms with van der Waals surface area (Å²) in [4.78, 5) is 2.18. The van der Waals surface area contributed by atoms with E-state index in [9.17, 15) is 0 Å². The van der Waals surface area contributed by atoms with Gasteiger partial charge in [-0.25, -0.2) is 0 Å². The maximum absolute atomic E-state index is 7.09. The summed E-state index contributed by atoms with van der Waals surface area (Å²) in [5.41, 5.74) is 15.5.